The van der Waals surface area contributed by atoms with E-state index in [1.54, 1.807) is 12.1 Å². The van der Waals surface area contributed by atoms with Gasteiger partial charge in [-0.15, -0.1) is 0 Å². The lowest BCUT2D eigenvalue weighted by molar-refractivity contribution is 0.0696. The molecule has 9 nitrogen and oxygen atoms in total. The largest absolute Gasteiger partial charge is 0.495 e. The molecule has 3 N–H and O–H groups in total. The number of amides is 1. The Morgan fingerprint density at radius 1 is 1.23 bits per heavy atom. The van der Waals surface area contributed by atoms with Gasteiger partial charge in [0, 0.05) is 13.2 Å². The number of nitrogens with one attached hydrogen (secondary N) is 2. The number of sulfonamides is 1. The standard InChI is InChI=1S/C20H22N2O7S/c1-28-17-9-8-13(20(24)25)11-18(17)30(26,27)22-16-7-3-2-6-15(16)19(23)21-12-14-5-4-10-29-14/h2-3,6-9,11,14,22H,4-5,10,12H2,1H3,(H,21,23)(H,24,25). The van der Waals surface area contributed by atoms with Crippen LogP contribution in [0.5, 0.6) is 5.75 Å². The number of hydrogen-bond donors (Lipinski definition) is 3. The number of carbonyl (C=O) groups is 2. The highest BCUT2D eigenvalue weighted by Gasteiger charge is 2.24. The first-order valence-corrected chi connectivity index (χ1v) is 10.7. The normalized spacial score (nSPS) is 16.1. The zero-order chi connectivity index (χ0) is 21.7. The molecule has 30 heavy (non-hydrogen) atoms. The molecule has 2 aromatic carbocycles. The molecule has 1 amide bonds. The van der Waals surface area contributed by atoms with E-state index in [0.29, 0.717) is 13.2 Å². The molecule has 1 heterocycles. The number of para-hydroxylation sites is 1. The molecule has 1 fully saturated rings. The number of anilines is 1. The summed E-state index contributed by atoms with van der Waals surface area (Å²) in [6.07, 6.45) is 1.74. The number of carboxylic acid groups (broad SMARTS) is 1. The Morgan fingerprint density at radius 2 is 2.00 bits per heavy atom. The fourth-order valence-electron chi connectivity index (χ4n) is 3.10. The quantitative estimate of drug-likeness (QED) is 0.580. The third-order valence-corrected chi connectivity index (χ3v) is 6.02. The Balaban J connectivity index is 1.86. The molecule has 0 spiro atoms. The van der Waals surface area contributed by atoms with E-state index in [9.17, 15) is 23.1 Å². The number of aromatic carboxylic acids is 1. The molecule has 0 saturated carbocycles. The minimum Gasteiger partial charge on any atom is -0.495 e. The number of rotatable bonds is 8. The van der Waals surface area contributed by atoms with Crippen LogP contribution >= 0.6 is 0 Å². The van der Waals surface area contributed by atoms with Crippen molar-refractivity contribution in [3.63, 3.8) is 0 Å². The SMILES string of the molecule is COc1ccc(C(=O)O)cc1S(=O)(=O)Nc1ccccc1C(=O)NCC1CCCO1. The molecule has 0 radical (unpaired) electrons. The average Bonchev–Trinajstić information content (AvgIpc) is 3.25. The minimum absolute atomic E-state index is 0.0205. The van der Waals surface area contributed by atoms with Crippen molar-refractivity contribution in [3.05, 3.63) is 53.6 Å². The Bertz CT molecular complexity index is 1050. The summed E-state index contributed by atoms with van der Waals surface area (Å²) in [6.45, 7) is 0.989. The number of ether oxygens (including phenoxy) is 2. The minimum atomic E-state index is -4.24. The summed E-state index contributed by atoms with van der Waals surface area (Å²) in [5.41, 5.74) is -0.0173. The monoisotopic (exact) mass is 434 g/mol. The van der Waals surface area contributed by atoms with Crippen molar-refractivity contribution < 1.29 is 32.6 Å². The predicted molar refractivity (Wildman–Crippen MR) is 109 cm³/mol. The van der Waals surface area contributed by atoms with Crippen LogP contribution in [0.25, 0.3) is 0 Å². The highest BCUT2D eigenvalue weighted by molar-refractivity contribution is 7.92. The van der Waals surface area contributed by atoms with Gasteiger partial charge in [0.05, 0.1) is 30.0 Å². The summed E-state index contributed by atoms with van der Waals surface area (Å²) in [6, 6.07) is 9.65. The topological polar surface area (TPSA) is 131 Å². The van der Waals surface area contributed by atoms with Crippen LogP contribution in [0.1, 0.15) is 33.6 Å². The Hall–Kier alpha value is -3.11. The molecule has 10 heteroatoms. The fourth-order valence-corrected chi connectivity index (χ4v) is 4.37. The van der Waals surface area contributed by atoms with E-state index in [1.807, 2.05) is 0 Å². The van der Waals surface area contributed by atoms with Crippen LogP contribution in [0.3, 0.4) is 0 Å². The number of methoxy groups -OCH3 is 1. The van der Waals surface area contributed by atoms with Crippen LogP contribution in [0.4, 0.5) is 5.69 Å². The lowest BCUT2D eigenvalue weighted by Gasteiger charge is -2.16. The van der Waals surface area contributed by atoms with E-state index in [4.69, 9.17) is 9.47 Å². The third kappa shape index (κ3) is 4.89. The van der Waals surface area contributed by atoms with Crippen molar-refractivity contribution in [1.82, 2.24) is 5.32 Å². The van der Waals surface area contributed by atoms with E-state index < -0.39 is 21.9 Å². The maximum Gasteiger partial charge on any atom is 0.335 e. The smallest absolute Gasteiger partial charge is 0.335 e. The molecule has 1 atom stereocenters. The van der Waals surface area contributed by atoms with Gasteiger partial charge in [-0.1, -0.05) is 12.1 Å². The first kappa shape index (κ1) is 21.6. The molecule has 160 valence electrons. The summed E-state index contributed by atoms with van der Waals surface area (Å²) in [4.78, 5) is 23.5. The van der Waals surface area contributed by atoms with Crippen LogP contribution in [-0.4, -0.2) is 51.8 Å². The molecule has 1 unspecified atom stereocenters. The van der Waals surface area contributed by atoms with Crippen LogP contribution in [0.15, 0.2) is 47.4 Å². The van der Waals surface area contributed by atoms with E-state index in [1.165, 1.54) is 31.4 Å². The van der Waals surface area contributed by atoms with Crippen molar-refractivity contribution in [2.45, 2.75) is 23.8 Å². The van der Waals surface area contributed by atoms with Gasteiger partial charge in [0.25, 0.3) is 15.9 Å². The van der Waals surface area contributed by atoms with Crippen molar-refractivity contribution in [1.29, 1.82) is 0 Å². The van der Waals surface area contributed by atoms with Crippen LogP contribution in [0.2, 0.25) is 0 Å². The lowest BCUT2D eigenvalue weighted by Crippen LogP contribution is -2.32. The van der Waals surface area contributed by atoms with Crippen LogP contribution < -0.4 is 14.8 Å². The van der Waals surface area contributed by atoms with Crippen molar-refractivity contribution in [2.75, 3.05) is 25.0 Å². The van der Waals surface area contributed by atoms with Gasteiger partial charge in [0.15, 0.2) is 0 Å². The van der Waals surface area contributed by atoms with Gasteiger partial charge in [-0.3, -0.25) is 9.52 Å². The maximum atomic E-state index is 13.0. The Morgan fingerprint density at radius 3 is 2.67 bits per heavy atom. The highest BCUT2D eigenvalue weighted by Crippen LogP contribution is 2.28. The number of carboxylic acids is 1. The molecular weight excluding hydrogens is 412 g/mol. The zero-order valence-electron chi connectivity index (χ0n) is 16.3. The zero-order valence-corrected chi connectivity index (χ0v) is 17.1. The summed E-state index contributed by atoms with van der Waals surface area (Å²) < 4.78 is 38.8. The molecule has 1 aliphatic rings. The molecule has 1 saturated heterocycles. The molecule has 2 aromatic rings. The number of hydrogen-bond acceptors (Lipinski definition) is 6. The van der Waals surface area contributed by atoms with Crippen LogP contribution in [-0.2, 0) is 14.8 Å². The van der Waals surface area contributed by atoms with Gasteiger partial charge >= 0.3 is 5.97 Å². The average molecular weight is 434 g/mol. The second-order valence-corrected chi connectivity index (χ2v) is 8.32. The van der Waals surface area contributed by atoms with Gasteiger partial charge < -0.3 is 19.9 Å². The predicted octanol–water partition coefficient (Wildman–Crippen LogP) is 2.10. The second-order valence-electron chi connectivity index (χ2n) is 6.67. The molecular formula is C20H22N2O7S. The van der Waals surface area contributed by atoms with Crippen LogP contribution in [0, 0.1) is 0 Å². The van der Waals surface area contributed by atoms with Crippen molar-refractivity contribution in [2.24, 2.45) is 0 Å². The molecule has 1 aliphatic heterocycles. The Labute approximate surface area is 174 Å². The van der Waals surface area contributed by atoms with E-state index >= 15 is 0 Å². The van der Waals surface area contributed by atoms with Crippen molar-refractivity contribution in [3.8, 4) is 5.75 Å². The van der Waals surface area contributed by atoms with E-state index in [2.05, 4.69) is 10.0 Å². The Kier molecular flexibility index (Phi) is 6.58. The molecule has 0 aromatic heterocycles. The number of benzene rings is 2. The van der Waals surface area contributed by atoms with Gasteiger partial charge in [-0.05, 0) is 43.2 Å². The first-order valence-electron chi connectivity index (χ1n) is 9.25. The molecule has 0 bridgehead atoms. The van der Waals surface area contributed by atoms with Gasteiger partial charge in [0.2, 0.25) is 0 Å². The summed E-state index contributed by atoms with van der Waals surface area (Å²) >= 11 is 0. The molecule has 3 rings (SSSR count). The third-order valence-electron chi connectivity index (χ3n) is 4.63. The maximum absolute atomic E-state index is 13.0. The second kappa shape index (κ2) is 9.14. The lowest BCUT2D eigenvalue weighted by atomic mass is 10.1. The van der Waals surface area contributed by atoms with Gasteiger partial charge in [-0.25, -0.2) is 13.2 Å². The van der Waals surface area contributed by atoms with E-state index in [0.717, 1.165) is 18.9 Å². The fraction of sp³-hybridized carbons (Fsp3) is 0.300. The molecule has 0 aliphatic carbocycles. The van der Waals surface area contributed by atoms with E-state index in [-0.39, 0.29) is 33.6 Å². The highest BCUT2D eigenvalue weighted by atomic mass is 32.2. The summed E-state index contributed by atoms with van der Waals surface area (Å²) in [5, 5.41) is 11.9. The van der Waals surface area contributed by atoms with Gasteiger partial charge in [-0.2, -0.15) is 0 Å². The number of carbonyl (C=O) groups excluding carboxylic acids is 1. The summed E-state index contributed by atoms with van der Waals surface area (Å²) in [5.74, 6) is -1.74. The summed E-state index contributed by atoms with van der Waals surface area (Å²) in [7, 11) is -2.96. The van der Waals surface area contributed by atoms with Gasteiger partial charge in [0.1, 0.15) is 10.6 Å². The first-order chi connectivity index (χ1) is 14.3. The van der Waals surface area contributed by atoms with Crippen molar-refractivity contribution >= 4 is 27.6 Å².